The summed E-state index contributed by atoms with van der Waals surface area (Å²) in [4.78, 5) is 35.8. The fraction of sp³-hybridized carbons (Fsp3) is 0.200. The molecule has 1 saturated heterocycles. The fourth-order valence-corrected chi connectivity index (χ4v) is 3.60. The minimum Gasteiger partial charge on any atom is -0.493 e. The number of nitro groups is 1. The first kappa shape index (κ1) is 20.4. The fourth-order valence-electron chi connectivity index (χ4n) is 2.69. The molecule has 2 aromatic rings. The van der Waals surface area contributed by atoms with E-state index >= 15 is 0 Å². The third-order valence-electron chi connectivity index (χ3n) is 4.22. The highest BCUT2D eigenvalue weighted by Gasteiger charge is 2.33. The van der Waals surface area contributed by atoms with E-state index in [9.17, 15) is 19.7 Å². The summed E-state index contributed by atoms with van der Waals surface area (Å²) in [6.45, 7) is 2.29. The van der Waals surface area contributed by atoms with Gasteiger partial charge in [-0.15, -0.1) is 0 Å². The van der Waals surface area contributed by atoms with Crippen LogP contribution < -0.4 is 9.47 Å². The van der Waals surface area contributed by atoms with E-state index in [0.29, 0.717) is 28.5 Å². The topological polar surface area (TPSA) is 99.0 Å². The Hall–Kier alpha value is -3.33. The van der Waals surface area contributed by atoms with Crippen LogP contribution in [-0.4, -0.2) is 34.6 Å². The van der Waals surface area contributed by atoms with E-state index in [1.54, 1.807) is 43.3 Å². The summed E-state index contributed by atoms with van der Waals surface area (Å²) in [7, 11) is 1.50. The molecule has 1 aliphatic heterocycles. The molecule has 1 aliphatic rings. The summed E-state index contributed by atoms with van der Waals surface area (Å²) in [5.41, 5.74) is 1.49. The highest BCUT2D eigenvalue weighted by molar-refractivity contribution is 8.18. The molecule has 0 unspecified atom stereocenters. The van der Waals surface area contributed by atoms with E-state index in [2.05, 4.69) is 0 Å². The molecule has 0 atom stereocenters. The number of likely N-dealkylation sites (N-methyl/N-ethyl adjacent to an activating group) is 1. The van der Waals surface area contributed by atoms with Crippen molar-refractivity contribution in [1.82, 2.24) is 4.90 Å². The van der Waals surface area contributed by atoms with Gasteiger partial charge >= 0.3 is 0 Å². The molecule has 2 amide bonds. The van der Waals surface area contributed by atoms with E-state index in [4.69, 9.17) is 9.47 Å². The van der Waals surface area contributed by atoms with Gasteiger partial charge in [0, 0.05) is 18.7 Å². The normalized spacial score (nSPS) is 15.1. The van der Waals surface area contributed by atoms with E-state index in [0.717, 1.165) is 17.3 Å². The number of methoxy groups -OCH3 is 1. The van der Waals surface area contributed by atoms with Gasteiger partial charge in [-0.25, -0.2) is 0 Å². The molecule has 0 saturated carbocycles. The van der Waals surface area contributed by atoms with E-state index in [-0.39, 0.29) is 23.4 Å². The van der Waals surface area contributed by atoms with Crippen LogP contribution in [-0.2, 0) is 11.4 Å². The molecule has 8 nitrogen and oxygen atoms in total. The highest BCUT2D eigenvalue weighted by Crippen LogP contribution is 2.34. The van der Waals surface area contributed by atoms with Gasteiger partial charge in [0.05, 0.1) is 16.9 Å². The quantitative estimate of drug-likeness (QED) is 0.380. The second-order valence-corrected chi connectivity index (χ2v) is 7.04. The smallest absolute Gasteiger partial charge is 0.293 e. The van der Waals surface area contributed by atoms with Gasteiger partial charge in [-0.3, -0.25) is 24.6 Å². The zero-order valence-electron chi connectivity index (χ0n) is 15.8. The molecule has 3 rings (SSSR count). The third kappa shape index (κ3) is 4.57. The van der Waals surface area contributed by atoms with Crippen LogP contribution in [0.25, 0.3) is 6.08 Å². The number of hydrogen-bond donors (Lipinski definition) is 0. The van der Waals surface area contributed by atoms with Gasteiger partial charge in [-0.05, 0) is 60.2 Å². The lowest BCUT2D eigenvalue weighted by Crippen LogP contribution is -2.27. The predicted octanol–water partition coefficient (Wildman–Crippen LogP) is 4.24. The molecule has 0 N–H and O–H groups in total. The summed E-state index contributed by atoms with van der Waals surface area (Å²) in [6.07, 6.45) is 1.64. The average molecular weight is 414 g/mol. The highest BCUT2D eigenvalue weighted by atomic mass is 32.2. The van der Waals surface area contributed by atoms with Crippen molar-refractivity contribution >= 4 is 34.7 Å². The first-order valence-corrected chi connectivity index (χ1v) is 9.54. The van der Waals surface area contributed by atoms with E-state index < -0.39 is 4.92 Å². The average Bonchev–Trinajstić information content (AvgIpc) is 2.99. The lowest BCUT2D eigenvalue weighted by atomic mass is 10.1. The van der Waals surface area contributed by atoms with Crippen molar-refractivity contribution in [2.24, 2.45) is 0 Å². The minimum atomic E-state index is -0.457. The number of imide groups is 1. The van der Waals surface area contributed by atoms with Gasteiger partial charge < -0.3 is 9.47 Å². The number of ether oxygens (including phenoxy) is 2. The van der Waals surface area contributed by atoms with Crippen molar-refractivity contribution in [3.05, 3.63) is 68.6 Å². The Morgan fingerprint density at radius 2 is 1.86 bits per heavy atom. The molecule has 29 heavy (non-hydrogen) atoms. The second kappa shape index (κ2) is 8.78. The molecule has 150 valence electrons. The molecule has 0 spiro atoms. The number of hydrogen-bond acceptors (Lipinski definition) is 7. The summed E-state index contributed by atoms with van der Waals surface area (Å²) in [6, 6.07) is 11.3. The summed E-state index contributed by atoms with van der Waals surface area (Å²) in [5.74, 6) is 0.653. The molecule has 2 aromatic carbocycles. The largest absolute Gasteiger partial charge is 0.493 e. The summed E-state index contributed by atoms with van der Waals surface area (Å²) < 4.78 is 11.1. The number of benzene rings is 2. The maximum atomic E-state index is 12.2. The monoisotopic (exact) mass is 414 g/mol. The van der Waals surface area contributed by atoms with Gasteiger partial charge in [0.1, 0.15) is 6.61 Å². The number of carbonyl (C=O) groups excluding carboxylic acids is 2. The lowest BCUT2D eigenvalue weighted by Gasteiger charge is -2.11. The van der Waals surface area contributed by atoms with Crippen molar-refractivity contribution in [3.8, 4) is 11.5 Å². The van der Waals surface area contributed by atoms with Gasteiger partial charge in [0.25, 0.3) is 16.8 Å². The zero-order chi connectivity index (χ0) is 21.0. The zero-order valence-corrected chi connectivity index (χ0v) is 16.6. The number of carbonyl (C=O) groups is 2. The van der Waals surface area contributed by atoms with Crippen molar-refractivity contribution in [2.75, 3.05) is 13.7 Å². The number of thioether (sulfide) groups is 1. The number of rotatable bonds is 7. The number of non-ortho nitro benzene ring substituents is 1. The molecule has 0 radical (unpaired) electrons. The first-order chi connectivity index (χ1) is 13.9. The molecule has 9 heteroatoms. The van der Waals surface area contributed by atoms with Crippen LogP contribution >= 0.6 is 11.8 Å². The Morgan fingerprint density at radius 3 is 2.45 bits per heavy atom. The van der Waals surface area contributed by atoms with Gasteiger partial charge in [0.15, 0.2) is 11.5 Å². The Bertz CT molecular complexity index is 987. The molecular weight excluding hydrogens is 396 g/mol. The van der Waals surface area contributed by atoms with Crippen molar-refractivity contribution in [2.45, 2.75) is 13.5 Å². The third-order valence-corrected chi connectivity index (χ3v) is 5.12. The van der Waals surface area contributed by atoms with Crippen LogP contribution in [0.15, 0.2) is 47.4 Å². The van der Waals surface area contributed by atoms with Gasteiger partial charge in [0.2, 0.25) is 0 Å². The Kier molecular flexibility index (Phi) is 6.18. The van der Waals surface area contributed by atoms with Crippen molar-refractivity contribution in [1.29, 1.82) is 0 Å². The SMILES string of the molecule is CCN1C(=O)S/C(=C\c2ccc(OCc3ccc([N+](=O)[O-])cc3)c(OC)c2)C1=O. The van der Waals surface area contributed by atoms with E-state index in [1.807, 2.05) is 0 Å². The second-order valence-electron chi connectivity index (χ2n) is 6.05. The van der Waals surface area contributed by atoms with Crippen LogP contribution in [0.4, 0.5) is 10.5 Å². The Labute approximate surface area is 171 Å². The number of nitrogens with zero attached hydrogens (tertiary/aromatic N) is 2. The van der Waals surface area contributed by atoms with Crippen LogP contribution in [0.2, 0.25) is 0 Å². The number of nitro benzene ring substituents is 1. The molecule has 0 aromatic heterocycles. The van der Waals surface area contributed by atoms with E-state index in [1.165, 1.54) is 24.1 Å². The minimum absolute atomic E-state index is 0.0168. The maximum absolute atomic E-state index is 12.2. The van der Waals surface area contributed by atoms with Gasteiger partial charge in [-0.1, -0.05) is 6.07 Å². The molecule has 0 bridgehead atoms. The van der Waals surface area contributed by atoms with Crippen molar-refractivity contribution in [3.63, 3.8) is 0 Å². The lowest BCUT2D eigenvalue weighted by molar-refractivity contribution is -0.384. The standard InChI is InChI=1S/C20H18N2O6S/c1-3-21-19(23)18(29-20(21)24)11-14-6-9-16(17(10-14)27-2)28-12-13-4-7-15(8-5-13)22(25)26/h4-11H,3,12H2,1-2H3/b18-11-. The first-order valence-electron chi connectivity index (χ1n) is 8.72. The molecule has 1 heterocycles. The van der Waals surface area contributed by atoms with Crippen molar-refractivity contribution < 1.29 is 24.0 Å². The summed E-state index contributed by atoms with van der Waals surface area (Å²) >= 11 is 0.908. The molecule has 0 aliphatic carbocycles. The maximum Gasteiger partial charge on any atom is 0.293 e. The number of amides is 2. The Morgan fingerprint density at radius 1 is 1.14 bits per heavy atom. The van der Waals surface area contributed by atoms with Crippen LogP contribution in [0.5, 0.6) is 11.5 Å². The molecule has 1 fully saturated rings. The summed E-state index contributed by atoms with van der Waals surface area (Å²) in [5, 5.41) is 10.4. The Balaban J connectivity index is 1.74. The molecular formula is C20H18N2O6S. The van der Waals surface area contributed by atoms with Crippen LogP contribution in [0, 0.1) is 10.1 Å². The van der Waals surface area contributed by atoms with Gasteiger partial charge in [-0.2, -0.15) is 0 Å². The van der Waals surface area contributed by atoms with Crippen LogP contribution in [0.1, 0.15) is 18.1 Å². The van der Waals surface area contributed by atoms with Crippen LogP contribution in [0.3, 0.4) is 0 Å². The predicted molar refractivity (Wildman–Crippen MR) is 109 cm³/mol.